The largest absolute Gasteiger partial charge is 0.365 e. The topological polar surface area (TPSA) is 58.4 Å². The molecule has 1 saturated heterocycles. The number of rotatable bonds is 4. The summed E-state index contributed by atoms with van der Waals surface area (Å²) >= 11 is 6.61. The van der Waals surface area contributed by atoms with Gasteiger partial charge in [-0.25, -0.2) is 8.78 Å². The van der Waals surface area contributed by atoms with Crippen molar-refractivity contribution in [3.8, 4) is 0 Å². The minimum absolute atomic E-state index is 0.141. The summed E-state index contributed by atoms with van der Waals surface area (Å²) in [4.78, 5) is 4.17. The highest BCUT2D eigenvalue weighted by Gasteiger charge is 2.53. The molecule has 1 aromatic heterocycles. The van der Waals surface area contributed by atoms with E-state index in [1.54, 1.807) is 42.5 Å². The minimum atomic E-state index is -3.97. The smallest absolute Gasteiger partial charge is 0.283 e. The van der Waals surface area contributed by atoms with Gasteiger partial charge in [0, 0.05) is 25.7 Å². The van der Waals surface area contributed by atoms with Crippen LogP contribution in [0.4, 0.5) is 20.3 Å². The lowest BCUT2D eigenvalue weighted by Gasteiger charge is -2.43. The van der Waals surface area contributed by atoms with Crippen LogP contribution in [0.5, 0.6) is 0 Å². The second-order valence-electron chi connectivity index (χ2n) is 9.51. The van der Waals surface area contributed by atoms with Crippen LogP contribution in [0.15, 0.2) is 65.6 Å². The van der Waals surface area contributed by atoms with E-state index in [0.29, 0.717) is 47.1 Å². The van der Waals surface area contributed by atoms with Gasteiger partial charge in [0.1, 0.15) is 11.6 Å². The first-order valence-electron chi connectivity index (χ1n) is 11.7. The van der Waals surface area contributed by atoms with Crippen LogP contribution in [0.2, 0.25) is 5.02 Å². The number of hydrogen-bond donors (Lipinski definition) is 0. The fourth-order valence-corrected chi connectivity index (χ4v) is 6.62. The quantitative estimate of drug-likeness (QED) is 0.356. The van der Waals surface area contributed by atoms with Gasteiger partial charge in [-0.1, -0.05) is 35.4 Å². The van der Waals surface area contributed by atoms with Gasteiger partial charge in [-0.3, -0.25) is 0 Å². The molecular formula is C26H23ClF2N4O2S. The van der Waals surface area contributed by atoms with Crippen molar-refractivity contribution >= 4 is 44.0 Å². The number of aryl methyl sites for hydroxylation is 1. The van der Waals surface area contributed by atoms with Crippen molar-refractivity contribution in [2.75, 3.05) is 29.4 Å². The maximum Gasteiger partial charge on any atom is 0.283 e. The average molecular weight is 529 g/mol. The highest BCUT2D eigenvalue weighted by Crippen LogP contribution is 2.49. The number of fused-ring (bicyclic) bond motifs is 1. The number of piperazine rings is 1. The summed E-state index contributed by atoms with van der Waals surface area (Å²) in [6, 6.07) is 15.4. The molecule has 3 aromatic carbocycles. The molecule has 10 heteroatoms. The normalized spacial score (nSPS) is 17.2. The molecule has 2 heterocycles. The monoisotopic (exact) mass is 528 g/mol. The SMILES string of the molecule is Cc1ccc(S(=O)(=O)n2nc(N3CCN(c4ccc(F)cc4F)CC34CC4)c3c(Cl)cccc32)cc1. The molecule has 0 N–H and O–H groups in total. The van der Waals surface area contributed by atoms with Crippen molar-refractivity contribution in [2.45, 2.75) is 30.2 Å². The second kappa shape index (κ2) is 8.18. The molecule has 0 unspecified atom stereocenters. The van der Waals surface area contributed by atoms with E-state index in [-0.39, 0.29) is 10.4 Å². The van der Waals surface area contributed by atoms with Crippen molar-refractivity contribution in [2.24, 2.45) is 0 Å². The molecule has 6 nitrogen and oxygen atoms in total. The molecule has 1 spiro atoms. The van der Waals surface area contributed by atoms with E-state index in [1.165, 1.54) is 12.1 Å². The number of anilines is 2. The Balaban J connectivity index is 1.43. The minimum Gasteiger partial charge on any atom is -0.365 e. The molecule has 0 bridgehead atoms. The van der Waals surface area contributed by atoms with Crippen molar-refractivity contribution in [3.63, 3.8) is 0 Å². The summed E-state index contributed by atoms with van der Waals surface area (Å²) < 4.78 is 56.2. The third kappa shape index (κ3) is 3.64. The van der Waals surface area contributed by atoms with E-state index in [0.717, 1.165) is 28.6 Å². The Morgan fingerprint density at radius 3 is 2.44 bits per heavy atom. The van der Waals surface area contributed by atoms with Crippen molar-refractivity contribution < 1.29 is 17.2 Å². The highest BCUT2D eigenvalue weighted by atomic mass is 35.5. The maximum absolute atomic E-state index is 14.5. The first-order chi connectivity index (χ1) is 17.2. The van der Waals surface area contributed by atoms with E-state index >= 15 is 0 Å². The predicted molar refractivity (Wildman–Crippen MR) is 136 cm³/mol. The van der Waals surface area contributed by atoms with Crippen molar-refractivity contribution in [1.82, 2.24) is 9.19 Å². The fraction of sp³-hybridized carbons (Fsp3) is 0.269. The molecule has 6 rings (SSSR count). The zero-order valence-corrected chi connectivity index (χ0v) is 21.0. The van der Waals surface area contributed by atoms with Gasteiger partial charge in [-0.2, -0.15) is 12.5 Å². The van der Waals surface area contributed by atoms with Crippen molar-refractivity contribution in [3.05, 3.63) is 82.9 Å². The number of halogens is 3. The molecule has 0 atom stereocenters. The molecule has 1 aliphatic heterocycles. The molecule has 36 heavy (non-hydrogen) atoms. The molecule has 0 radical (unpaired) electrons. The third-order valence-electron chi connectivity index (χ3n) is 7.14. The Hall–Kier alpha value is -3.17. The molecule has 1 saturated carbocycles. The second-order valence-corrected chi connectivity index (χ2v) is 11.7. The van der Waals surface area contributed by atoms with Gasteiger partial charge in [0.2, 0.25) is 0 Å². The first-order valence-corrected chi connectivity index (χ1v) is 13.5. The van der Waals surface area contributed by atoms with Crippen LogP contribution in [-0.2, 0) is 10.0 Å². The lowest BCUT2D eigenvalue weighted by molar-refractivity contribution is 0.495. The predicted octanol–water partition coefficient (Wildman–Crippen LogP) is 5.37. The first kappa shape index (κ1) is 23.2. The summed E-state index contributed by atoms with van der Waals surface area (Å²) in [6.45, 7) is 3.36. The molecule has 1 aliphatic carbocycles. The zero-order chi connectivity index (χ0) is 25.2. The van der Waals surface area contributed by atoms with E-state index in [2.05, 4.69) is 10.00 Å². The van der Waals surface area contributed by atoms with Crippen LogP contribution >= 0.6 is 11.6 Å². The van der Waals surface area contributed by atoms with Gasteiger partial charge in [0.05, 0.1) is 32.0 Å². The Kier molecular flexibility index (Phi) is 5.28. The molecule has 2 fully saturated rings. The number of aromatic nitrogens is 2. The summed E-state index contributed by atoms with van der Waals surface area (Å²) in [5, 5.41) is 5.62. The van der Waals surface area contributed by atoms with E-state index in [4.69, 9.17) is 11.6 Å². The van der Waals surface area contributed by atoms with Crippen LogP contribution in [0, 0.1) is 18.6 Å². The molecule has 2 aliphatic rings. The highest BCUT2D eigenvalue weighted by molar-refractivity contribution is 7.90. The fourth-order valence-electron chi connectivity index (χ4n) is 5.09. The number of nitrogens with zero attached hydrogens (tertiary/aromatic N) is 4. The van der Waals surface area contributed by atoms with Crippen LogP contribution in [0.25, 0.3) is 10.9 Å². The van der Waals surface area contributed by atoms with Crippen LogP contribution in [0.1, 0.15) is 18.4 Å². The lowest BCUT2D eigenvalue weighted by atomic mass is 10.1. The Bertz CT molecular complexity index is 1600. The lowest BCUT2D eigenvalue weighted by Crippen LogP contribution is -2.55. The standard InChI is InChI=1S/C26H23ClF2N4O2S/c1-17-5-8-19(9-6-17)36(34,35)33-23-4-2-3-20(27)24(23)25(30-33)32-14-13-31(16-26(32)11-12-26)22-10-7-18(28)15-21(22)29/h2-10,15H,11-14,16H2,1H3. The summed E-state index contributed by atoms with van der Waals surface area (Å²) in [5.74, 6) is -0.707. The van der Waals surface area contributed by atoms with E-state index in [1.807, 2.05) is 11.8 Å². The number of benzene rings is 3. The Morgan fingerprint density at radius 1 is 1.00 bits per heavy atom. The number of hydrogen-bond acceptors (Lipinski definition) is 5. The zero-order valence-electron chi connectivity index (χ0n) is 19.5. The van der Waals surface area contributed by atoms with Gasteiger partial charge in [-0.05, 0) is 56.2 Å². The Labute approximate surface area is 212 Å². The van der Waals surface area contributed by atoms with Crippen LogP contribution in [-0.4, -0.2) is 42.8 Å². The van der Waals surface area contributed by atoms with E-state index in [9.17, 15) is 17.2 Å². The van der Waals surface area contributed by atoms with Gasteiger partial charge in [-0.15, -0.1) is 5.10 Å². The maximum atomic E-state index is 14.5. The molecule has 186 valence electrons. The summed E-state index contributed by atoms with van der Waals surface area (Å²) in [6.07, 6.45) is 1.69. The van der Waals surface area contributed by atoms with Crippen LogP contribution < -0.4 is 9.80 Å². The van der Waals surface area contributed by atoms with E-state index < -0.39 is 21.7 Å². The van der Waals surface area contributed by atoms with Crippen LogP contribution in [0.3, 0.4) is 0 Å². The van der Waals surface area contributed by atoms with Gasteiger partial charge < -0.3 is 9.80 Å². The Morgan fingerprint density at radius 2 is 1.75 bits per heavy atom. The molecule has 0 amide bonds. The summed E-state index contributed by atoms with van der Waals surface area (Å²) in [5.41, 5.74) is 1.38. The molecular weight excluding hydrogens is 506 g/mol. The molecule has 4 aromatic rings. The average Bonchev–Trinajstić information content (AvgIpc) is 3.47. The van der Waals surface area contributed by atoms with Gasteiger partial charge >= 0.3 is 0 Å². The van der Waals surface area contributed by atoms with Crippen molar-refractivity contribution in [1.29, 1.82) is 0 Å². The van der Waals surface area contributed by atoms with Gasteiger partial charge in [0.15, 0.2) is 5.82 Å². The third-order valence-corrected chi connectivity index (χ3v) is 9.05. The van der Waals surface area contributed by atoms with Gasteiger partial charge in [0.25, 0.3) is 10.0 Å². The summed E-state index contributed by atoms with van der Waals surface area (Å²) in [7, 11) is -3.97.